The van der Waals surface area contributed by atoms with E-state index in [-0.39, 0.29) is 11.6 Å². The van der Waals surface area contributed by atoms with Crippen molar-refractivity contribution in [2.24, 2.45) is 5.41 Å². The van der Waals surface area contributed by atoms with Gasteiger partial charge in [-0.05, 0) is 31.0 Å². The summed E-state index contributed by atoms with van der Waals surface area (Å²) in [5.74, 6) is -0.367. The van der Waals surface area contributed by atoms with Crippen molar-refractivity contribution in [3.63, 3.8) is 0 Å². The summed E-state index contributed by atoms with van der Waals surface area (Å²) in [5.41, 5.74) is -1.93. The van der Waals surface area contributed by atoms with Crippen LogP contribution in [0.2, 0.25) is 0 Å². The van der Waals surface area contributed by atoms with Crippen LogP contribution in [0, 0.1) is 5.41 Å². The molecule has 0 unspecified atom stereocenters. The lowest BCUT2D eigenvalue weighted by atomic mass is 10.1. The molecule has 0 aromatic heterocycles. The quantitative estimate of drug-likeness (QED) is 0.908. The van der Waals surface area contributed by atoms with Crippen LogP contribution in [0.3, 0.4) is 0 Å². The molecule has 5 nitrogen and oxygen atoms in total. The number of sulfonamides is 1. The molecular formula is C14H17F3N2O3S. The fourth-order valence-electron chi connectivity index (χ4n) is 1.95. The molecule has 23 heavy (non-hydrogen) atoms. The highest BCUT2D eigenvalue weighted by Gasteiger charge is 2.45. The Labute approximate surface area is 132 Å². The second-order valence-electron chi connectivity index (χ2n) is 6.01. The van der Waals surface area contributed by atoms with Crippen molar-refractivity contribution in [3.8, 4) is 0 Å². The van der Waals surface area contributed by atoms with Gasteiger partial charge in [0.25, 0.3) is 0 Å². The summed E-state index contributed by atoms with van der Waals surface area (Å²) < 4.78 is 64.4. The number of halogens is 3. The van der Waals surface area contributed by atoms with E-state index in [1.54, 1.807) is 6.92 Å². The molecule has 1 aromatic rings. The van der Waals surface area contributed by atoms with Gasteiger partial charge >= 0.3 is 6.18 Å². The molecule has 0 spiro atoms. The smallest absolute Gasteiger partial charge is 0.326 e. The van der Waals surface area contributed by atoms with Gasteiger partial charge < -0.3 is 5.32 Å². The maximum Gasteiger partial charge on any atom is 0.417 e. The van der Waals surface area contributed by atoms with Crippen LogP contribution in [0.15, 0.2) is 23.1 Å². The normalized spacial score (nSPS) is 17.2. The van der Waals surface area contributed by atoms with E-state index < -0.39 is 32.1 Å². The Hall–Kier alpha value is -1.61. The van der Waals surface area contributed by atoms with E-state index in [2.05, 4.69) is 5.32 Å². The first-order valence-electron chi connectivity index (χ1n) is 6.83. The Balaban J connectivity index is 2.45. The minimum atomic E-state index is -4.86. The SMILES string of the molecule is CN(C)S(=O)(=O)c1ccc(NC(=O)C2(C)CC2)cc1C(F)(F)F. The van der Waals surface area contributed by atoms with Crippen molar-refractivity contribution in [3.05, 3.63) is 23.8 Å². The number of hydrogen-bond acceptors (Lipinski definition) is 3. The molecule has 1 amide bonds. The third-order valence-corrected chi connectivity index (χ3v) is 5.72. The van der Waals surface area contributed by atoms with Crippen LogP contribution in [0.25, 0.3) is 0 Å². The van der Waals surface area contributed by atoms with Gasteiger partial charge in [0.2, 0.25) is 15.9 Å². The van der Waals surface area contributed by atoms with E-state index in [1.165, 1.54) is 0 Å². The number of hydrogen-bond donors (Lipinski definition) is 1. The average molecular weight is 350 g/mol. The second kappa shape index (κ2) is 5.48. The van der Waals surface area contributed by atoms with Gasteiger partial charge in [0.15, 0.2) is 0 Å². The molecule has 0 heterocycles. The van der Waals surface area contributed by atoms with Crippen molar-refractivity contribution in [2.45, 2.75) is 30.8 Å². The van der Waals surface area contributed by atoms with Gasteiger partial charge in [-0.2, -0.15) is 13.2 Å². The molecule has 0 radical (unpaired) electrons. The molecular weight excluding hydrogens is 333 g/mol. The number of nitrogens with one attached hydrogen (secondary N) is 1. The summed E-state index contributed by atoms with van der Waals surface area (Å²) in [6, 6.07) is 2.68. The maximum atomic E-state index is 13.2. The van der Waals surface area contributed by atoms with Crippen molar-refractivity contribution >= 4 is 21.6 Å². The van der Waals surface area contributed by atoms with Crippen LogP contribution >= 0.6 is 0 Å². The zero-order valence-electron chi connectivity index (χ0n) is 12.9. The molecule has 1 aromatic carbocycles. The number of amides is 1. The molecule has 1 aliphatic rings. The number of carbonyl (C=O) groups excluding carboxylic acids is 1. The lowest BCUT2D eigenvalue weighted by molar-refractivity contribution is -0.140. The van der Waals surface area contributed by atoms with E-state index in [0.717, 1.165) is 26.2 Å². The van der Waals surface area contributed by atoms with Gasteiger partial charge in [-0.25, -0.2) is 12.7 Å². The fourth-order valence-corrected chi connectivity index (χ4v) is 3.03. The number of rotatable bonds is 4. The molecule has 0 bridgehead atoms. The monoisotopic (exact) mass is 350 g/mol. The third-order valence-electron chi connectivity index (χ3n) is 3.85. The van der Waals surface area contributed by atoms with Crippen LogP contribution in [-0.4, -0.2) is 32.7 Å². The zero-order chi connectivity index (χ0) is 17.6. The Bertz CT molecular complexity index is 738. The van der Waals surface area contributed by atoms with Crippen molar-refractivity contribution in [2.75, 3.05) is 19.4 Å². The summed E-state index contributed by atoms with van der Waals surface area (Å²) >= 11 is 0. The van der Waals surface area contributed by atoms with Crippen LogP contribution in [0.5, 0.6) is 0 Å². The van der Waals surface area contributed by atoms with Crippen LogP contribution in [0.4, 0.5) is 18.9 Å². The molecule has 2 rings (SSSR count). The first kappa shape index (κ1) is 17.7. The number of benzene rings is 1. The molecule has 0 saturated heterocycles. The lowest BCUT2D eigenvalue weighted by Crippen LogP contribution is -2.26. The topological polar surface area (TPSA) is 66.5 Å². The van der Waals surface area contributed by atoms with Gasteiger partial charge in [0, 0.05) is 25.2 Å². The average Bonchev–Trinajstić information content (AvgIpc) is 3.16. The summed E-state index contributed by atoms with van der Waals surface area (Å²) in [6.07, 6.45) is -3.50. The number of carbonyl (C=O) groups is 1. The molecule has 1 fully saturated rings. The summed E-state index contributed by atoms with van der Waals surface area (Å²) in [7, 11) is -1.95. The Morgan fingerprint density at radius 3 is 2.26 bits per heavy atom. The predicted molar refractivity (Wildman–Crippen MR) is 78.3 cm³/mol. The highest BCUT2D eigenvalue weighted by atomic mass is 32.2. The van der Waals surface area contributed by atoms with Crippen molar-refractivity contribution in [1.82, 2.24) is 4.31 Å². The minimum Gasteiger partial charge on any atom is -0.326 e. The maximum absolute atomic E-state index is 13.2. The van der Waals surface area contributed by atoms with Gasteiger partial charge in [-0.3, -0.25) is 4.79 Å². The van der Waals surface area contributed by atoms with Gasteiger partial charge in [-0.1, -0.05) is 6.92 Å². The van der Waals surface area contributed by atoms with Gasteiger partial charge in [0.05, 0.1) is 10.5 Å². The summed E-state index contributed by atoms with van der Waals surface area (Å²) in [6.45, 7) is 1.72. The fraction of sp³-hybridized carbons (Fsp3) is 0.500. The zero-order valence-corrected chi connectivity index (χ0v) is 13.7. The molecule has 1 saturated carbocycles. The Kier molecular flexibility index (Phi) is 4.23. The molecule has 128 valence electrons. The lowest BCUT2D eigenvalue weighted by Gasteiger charge is -2.18. The van der Waals surface area contributed by atoms with Crippen LogP contribution in [-0.2, 0) is 21.0 Å². The second-order valence-corrected chi connectivity index (χ2v) is 8.13. The molecule has 1 N–H and O–H groups in total. The van der Waals surface area contributed by atoms with Crippen molar-refractivity contribution in [1.29, 1.82) is 0 Å². The number of alkyl halides is 3. The number of anilines is 1. The standard InChI is InChI=1S/C14H17F3N2O3S/c1-13(6-7-13)12(20)18-9-4-5-11(23(21,22)19(2)3)10(8-9)14(15,16)17/h4-5,8H,6-7H2,1-3H3,(H,18,20). The summed E-state index contributed by atoms with van der Waals surface area (Å²) in [4.78, 5) is 11.1. The predicted octanol–water partition coefficient (Wildman–Crippen LogP) is 2.69. The number of nitrogens with zero attached hydrogens (tertiary/aromatic N) is 1. The third kappa shape index (κ3) is 3.50. The van der Waals surface area contributed by atoms with E-state index in [9.17, 15) is 26.4 Å². The highest BCUT2D eigenvalue weighted by molar-refractivity contribution is 7.89. The van der Waals surface area contributed by atoms with Crippen LogP contribution in [0.1, 0.15) is 25.3 Å². The van der Waals surface area contributed by atoms with Gasteiger partial charge in [-0.15, -0.1) is 0 Å². The summed E-state index contributed by atoms with van der Waals surface area (Å²) in [5, 5.41) is 2.42. The van der Waals surface area contributed by atoms with Crippen molar-refractivity contribution < 1.29 is 26.4 Å². The first-order valence-corrected chi connectivity index (χ1v) is 8.27. The largest absolute Gasteiger partial charge is 0.417 e. The van der Waals surface area contributed by atoms with E-state index in [0.29, 0.717) is 23.2 Å². The van der Waals surface area contributed by atoms with E-state index in [1.807, 2.05) is 0 Å². The molecule has 0 aliphatic heterocycles. The van der Waals surface area contributed by atoms with Crippen LogP contribution < -0.4 is 5.32 Å². The minimum absolute atomic E-state index is 0.0758. The van der Waals surface area contributed by atoms with E-state index in [4.69, 9.17) is 0 Å². The first-order chi connectivity index (χ1) is 10.4. The molecule has 0 atom stereocenters. The molecule has 9 heteroatoms. The Morgan fingerprint density at radius 2 is 1.83 bits per heavy atom. The highest BCUT2D eigenvalue weighted by Crippen LogP contribution is 2.46. The van der Waals surface area contributed by atoms with Gasteiger partial charge in [0.1, 0.15) is 0 Å². The molecule has 1 aliphatic carbocycles. The Morgan fingerprint density at radius 1 is 1.26 bits per heavy atom. The van der Waals surface area contributed by atoms with E-state index >= 15 is 0 Å².